The minimum atomic E-state index is 0.148. The molecule has 0 fully saturated rings. The van der Waals surface area contributed by atoms with E-state index in [0.29, 0.717) is 12.0 Å². The van der Waals surface area contributed by atoms with E-state index in [1.807, 2.05) is 24.3 Å². The van der Waals surface area contributed by atoms with Crippen molar-refractivity contribution in [1.82, 2.24) is 5.32 Å². The summed E-state index contributed by atoms with van der Waals surface area (Å²) in [5.74, 6) is 0.849. The summed E-state index contributed by atoms with van der Waals surface area (Å²) in [6, 6.07) is 8.24. The maximum absolute atomic E-state index is 8.68. The highest BCUT2D eigenvalue weighted by Gasteiger charge is 2.12. The van der Waals surface area contributed by atoms with Gasteiger partial charge in [0, 0.05) is 18.2 Å². The van der Waals surface area contributed by atoms with Crippen molar-refractivity contribution >= 4 is 5.84 Å². The van der Waals surface area contributed by atoms with Gasteiger partial charge >= 0.3 is 0 Å². The lowest BCUT2D eigenvalue weighted by Crippen LogP contribution is -2.32. The summed E-state index contributed by atoms with van der Waals surface area (Å²) in [7, 11) is 0. The van der Waals surface area contributed by atoms with Crippen molar-refractivity contribution in [1.29, 1.82) is 0 Å². The van der Waals surface area contributed by atoms with E-state index >= 15 is 0 Å². The number of nitrogens with one attached hydrogen (secondary N) is 1. The second-order valence-electron chi connectivity index (χ2n) is 4.93. The SMILES string of the molecule is CCC(CC)C(C)NCc1cccc(C(N)=NO)c1. The minimum Gasteiger partial charge on any atom is -0.409 e. The van der Waals surface area contributed by atoms with E-state index < -0.39 is 0 Å². The predicted molar refractivity (Wildman–Crippen MR) is 79.3 cm³/mol. The number of nitrogens with two attached hydrogens (primary N) is 1. The standard InChI is InChI=1S/C15H25N3O/c1-4-13(5-2)11(3)17-10-12-7-6-8-14(9-12)15(16)18-19/h6-9,11,13,17,19H,4-5,10H2,1-3H3,(H2,16,18). The minimum absolute atomic E-state index is 0.148. The summed E-state index contributed by atoms with van der Waals surface area (Å²) in [4.78, 5) is 0. The maximum atomic E-state index is 8.68. The van der Waals surface area contributed by atoms with Crippen LogP contribution in [0.25, 0.3) is 0 Å². The molecule has 0 amide bonds. The molecule has 0 saturated carbocycles. The first-order valence-electron chi connectivity index (χ1n) is 6.92. The number of oxime groups is 1. The van der Waals surface area contributed by atoms with Crippen molar-refractivity contribution in [2.75, 3.05) is 0 Å². The van der Waals surface area contributed by atoms with Gasteiger partial charge in [0.15, 0.2) is 5.84 Å². The summed E-state index contributed by atoms with van der Waals surface area (Å²) in [5, 5.41) is 15.2. The van der Waals surface area contributed by atoms with Crippen molar-refractivity contribution in [3.8, 4) is 0 Å². The van der Waals surface area contributed by atoms with Crippen LogP contribution in [0.4, 0.5) is 0 Å². The van der Waals surface area contributed by atoms with Gasteiger partial charge in [-0.25, -0.2) is 0 Å². The van der Waals surface area contributed by atoms with Crippen molar-refractivity contribution in [2.45, 2.75) is 46.2 Å². The molecule has 4 N–H and O–H groups in total. The quantitative estimate of drug-likeness (QED) is 0.306. The topological polar surface area (TPSA) is 70.6 Å². The Morgan fingerprint density at radius 2 is 2.05 bits per heavy atom. The normalized spacial score (nSPS) is 13.8. The van der Waals surface area contributed by atoms with Crippen LogP contribution in [0.1, 0.15) is 44.7 Å². The average molecular weight is 263 g/mol. The van der Waals surface area contributed by atoms with Crippen LogP contribution in [0.15, 0.2) is 29.4 Å². The third-order valence-electron chi connectivity index (χ3n) is 3.71. The van der Waals surface area contributed by atoms with Crippen molar-refractivity contribution in [2.24, 2.45) is 16.8 Å². The van der Waals surface area contributed by atoms with Gasteiger partial charge in [0.1, 0.15) is 0 Å². The van der Waals surface area contributed by atoms with Crippen molar-refractivity contribution in [3.63, 3.8) is 0 Å². The summed E-state index contributed by atoms with van der Waals surface area (Å²) < 4.78 is 0. The van der Waals surface area contributed by atoms with Crippen LogP contribution in [-0.2, 0) is 6.54 Å². The van der Waals surface area contributed by atoms with E-state index in [4.69, 9.17) is 10.9 Å². The molecular formula is C15H25N3O. The Kier molecular flexibility index (Phi) is 6.36. The Morgan fingerprint density at radius 1 is 1.37 bits per heavy atom. The highest BCUT2D eigenvalue weighted by molar-refractivity contribution is 5.97. The number of amidine groups is 1. The van der Waals surface area contributed by atoms with E-state index in [1.54, 1.807) is 0 Å². The third kappa shape index (κ3) is 4.56. The molecule has 1 atom stereocenters. The zero-order valence-corrected chi connectivity index (χ0v) is 12.1. The van der Waals surface area contributed by atoms with Crippen LogP contribution in [0, 0.1) is 5.92 Å². The largest absolute Gasteiger partial charge is 0.409 e. The van der Waals surface area contributed by atoms with E-state index in [0.717, 1.165) is 17.7 Å². The van der Waals surface area contributed by atoms with Gasteiger partial charge in [0.2, 0.25) is 0 Å². The van der Waals surface area contributed by atoms with Crippen LogP contribution >= 0.6 is 0 Å². The number of rotatable bonds is 7. The van der Waals surface area contributed by atoms with Crippen LogP contribution in [-0.4, -0.2) is 17.1 Å². The third-order valence-corrected chi connectivity index (χ3v) is 3.71. The second-order valence-corrected chi connectivity index (χ2v) is 4.93. The van der Waals surface area contributed by atoms with E-state index in [2.05, 4.69) is 31.2 Å². The Bertz CT molecular complexity index is 414. The number of hydrogen-bond acceptors (Lipinski definition) is 3. The Balaban J connectivity index is 2.63. The molecule has 0 saturated heterocycles. The zero-order valence-electron chi connectivity index (χ0n) is 12.1. The van der Waals surface area contributed by atoms with Gasteiger partial charge in [-0.3, -0.25) is 0 Å². The zero-order chi connectivity index (χ0) is 14.3. The fraction of sp³-hybridized carbons (Fsp3) is 0.533. The first-order valence-corrected chi connectivity index (χ1v) is 6.92. The number of hydrogen-bond donors (Lipinski definition) is 3. The fourth-order valence-electron chi connectivity index (χ4n) is 2.34. The molecule has 0 spiro atoms. The molecule has 0 bridgehead atoms. The van der Waals surface area contributed by atoms with Gasteiger partial charge in [-0.1, -0.05) is 50.0 Å². The Labute approximate surface area is 115 Å². The smallest absolute Gasteiger partial charge is 0.170 e. The first kappa shape index (κ1) is 15.5. The summed E-state index contributed by atoms with van der Waals surface area (Å²) in [6.45, 7) is 7.48. The molecule has 1 rings (SSSR count). The van der Waals surface area contributed by atoms with E-state index in [9.17, 15) is 0 Å². The van der Waals surface area contributed by atoms with Gasteiger partial charge in [-0.05, 0) is 24.5 Å². The summed E-state index contributed by atoms with van der Waals surface area (Å²) in [6.07, 6.45) is 2.38. The highest BCUT2D eigenvalue weighted by Crippen LogP contribution is 2.13. The van der Waals surface area contributed by atoms with Crippen LogP contribution in [0.3, 0.4) is 0 Å². The summed E-state index contributed by atoms with van der Waals surface area (Å²) >= 11 is 0. The molecule has 19 heavy (non-hydrogen) atoms. The van der Waals surface area contributed by atoms with Crippen molar-refractivity contribution in [3.05, 3.63) is 35.4 Å². The lowest BCUT2D eigenvalue weighted by molar-refractivity contribution is 0.318. The predicted octanol–water partition coefficient (Wildman–Crippen LogP) is 2.70. The van der Waals surface area contributed by atoms with E-state index in [-0.39, 0.29) is 5.84 Å². The molecule has 0 aromatic heterocycles. The van der Waals surface area contributed by atoms with Gasteiger partial charge in [-0.15, -0.1) is 0 Å². The lowest BCUT2D eigenvalue weighted by Gasteiger charge is -2.22. The molecule has 0 heterocycles. The summed E-state index contributed by atoms with van der Waals surface area (Å²) in [5.41, 5.74) is 7.48. The van der Waals surface area contributed by atoms with Crippen LogP contribution in [0.2, 0.25) is 0 Å². The van der Waals surface area contributed by atoms with Gasteiger partial charge in [0.25, 0.3) is 0 Å². The first-order chi connectivity index (χ1) is 9.12. The van der Waals surface area contributed by atoms with Gasteiger partial charge in [0.05, 0.1) is 0 Å². The second kappa shape index (κ2) is 7.79. The molecule has 1 aromatic rings. The van der Waals surface area contributed by atoms with Crippen LogP contribution < -0.4 is 11.1 Å². The molecular weight excluding hydrogens is 238 g/mol. The molecule has 106 valence electrons. The Morgan fingerprint density at radius 3 is 2.63 bits per heavy atom. The Hall–Kier alpha value is -1.55. The lowest BCUT2D eigenvalue weighted by atomic mass is 9.95. The average Bonchev–Trinajstić information content (AvgIpc) is 2.45. The molecule has 4 nitrogen and oxygen atoms in total. The molecule has 0 radical (unpaired) electrons. The maximum Gasteiger partial charge on any atom is 0.170 e. The van der Waals surface area contributed by atoms with Gasteiger partial charge < -0.3 is 16.3 Å². The van der Waals surface area contributed by atoms with Crippen LogP contribution in [0.5, 0.6) is 0 Å². The monoisotopic (exact) mass is 263 g/mol. The molecule has 0 aliphatic carbocycles. The number of nitrogens with zero attached hydrogens (tertiary/aromatic N) is 1. The molecule has 1 aromatic carbocycles. The fourth-order valence-corrected chi connectivity index (χ4v) is 2.34. The molecule has 1 unspecified atom stereocenters. The van der Waals surface area contributed by atoms with Crippen molar-refractivity contribution < 1.29 is 5.21 Å². The van der Waals surface area contributed by atoms with E-state index in [1.165, 1.54) is 12.8 Å². The molecule has 0 aliphatic rings. The number of benzene rings is 1. The molecule has 0 aliphatic heterocycles. The van der Waals surface area contributed by atoms with Gasteiger partial charge in [-0.2, -0.15) is 0 Å². The highest BCUT2D eigenvalue weighted by atomic mass is 16.4. The molecule has 4 heteroatoms.